The summed E-state index contributed by atoms with van der Waals surface area (Å²) in [5.74, 6) is -1.51. The highest BCUT2D eigenvalue weighted by Gasteiger charge is 2.18. The molecule has 0 aliphatic rings. The number of pyridine rings is 2. The van der Waals surface area contributed by atoms with Gasteiger partial charge in [0, 0.05) is 23.5 Å². The molecule has 2 heterocycles. The molecule has 0 bridgehead atoms. The van der Waals surface area contributed by atoms with Gasteiger partial charge in [0.15, 0.2) is 6.61 Å². The number of aryl methyl sites for hydroxylation is 2. The largest absolute Gasteiger partial charge is 0.452 e. The average Bonchev–Trinajstić information content (AvgIpc) is 2.69. The summed E-state index contributed by atoms with van der Waals surface area (Å²) in [6.07, 6.45) is 1.39. The summed E-state index contributed by atoms with van der Waals surface area (Å²) < 4.78 is 6.71. The Morgan fingerprint density at radius 1 is 1.21 bits per heavy atom. The number of benzene rings is 1. The molecule has 3 aromatic rings. The van der Waals surface area contributed by atoms with Crippen LogP contribution in [-0.4, -0.2) is 28.0 Å². The van der Waals surface area contributed by atoms with Crippen molar-refractivity contribution in [3.63, 3.8) is 0 Å². The quantitative estimate of drug-likeness (QED) is 0.617. The number of carbonyl (C=O) groups excluding carboxylic acids is 2. The van der Waals surface area contributed by atoms with E-state index >= 15 is 0 Å². The summed E-state index contributed by atoms with van der Waals surface area (Å²) in [6.45, 7) is 3.60. The van der Waals surface area contributed by atoms with Gasteiger partial charge in [0.1, 0.15) is 11.2 Å². The molecule has 7 nitrogen and oxygen atoms in total. The van der Waals surface area contributed by atoms with E-state index in [-0.39, 0.29) is 10.6 Å². The number of hydrogen-bond acceptors (Lipinski definition) is 5. The molecule has 0 fully saturated rings. The Labute approximate surface area is 176 Å². The van der Waals surface area contributed by atoms with Crippen molar-refractivity contribution >= 4 is 51.8 Å². The average molecular weight is 434 g/mol. The Bertz CT molecular complexity index is 1170. The minimum Gasteiger partial charge on any atom is -0.452 e. The number of fused-ring (bicyclic) bond motifs is 1. The minimum atomic E-state index is -0.896. The molecule has 3 rings (SSSR count). The van der Waals surface area contributed by atoms with Crippen LogP contribution in [0.15, 0.2) is 41.3 Å². The lowest BCUT2D eigenvalue weighted by Crippen LogP contribution is -2.25. The van der Waals surface area contributed by atoms with Gasteiger partial charge in [-0.1, -0.05) is 23.2 Å². The van der Waals surface area contributed by atoms with Crippen LogP contribution in [0.1, 0.15) is 23.0 Å². The van der Waals surface area contributed by atoms with Crippen LogP contribution in [0.3, 0.4) is 0 Å². The number of rotatable bonds is 5. The van der Waals surface area contributed by atoms with Crippen molar-refractivity contribution in [3.05, 3.63) is 68.1 Å². The van der Waals surface area contributed by atoms with Crippen LogP contribution in [0.25, 0.3) is 11.0 Å². The predicted octanol–water partition coefficient (Wildman–Crippen LogP) is 3.83. The van der Waals surface area contributed by atoms with E-state index in [1.54, 1.807) is 22.8 Å². The van der Waals surface area contributed by atoms with Crippen LogP contribution < -0.4 is 10.7 Å². The number of ether oxygens (including phenoxy) is 1. The van der Waals surface area contributed by atoms with Crippen molar-refractivity contribution in [2.24, 2.45) is 0 Å². The topological polar surface area (TPSA) is 90.3 Å². The van der Waals surface area contributed by atoms with Crippen LogP contribution in [-0.2, 0) is 16.1 Å². The standard InChI is InChI=1S/C20H17Cl2N3O4/c1-3-25-9-14(18(27)13-6-4-11(2)23-19(13)25)20(28)29-10-17(26)24-16-8-12(21)5-7-15(16)22/h4-9H,3,10H2,1-2H3,(H,24,26). The number of aromatic nitrogens is 2. The number of nitrogens with zero attached hydrogens (tertiary/aromatic N) is 2. The van der Waals surface area contributed by atoms with Gasteiger partial charge in [0.25, 0.3) is 5.91 Å². The molecule has 0 aliphatic carbocycles. The zero-order chi connectivity index (χ0) is 21.1. The number of anilines is 1. The van der Waals surface area contributed by atoms with E-state index in [0.29, 0.717) is 28.3 Å². The lowest BCUT2D eigenvalue weighted by atomic mass is 10.2. The molecular formula is C20H17Cl2N3O4. The molecule has 0 saturated carbocycles. The summed E-state index contributed by atoms with van der Waals surface area (Å²) in [7, 11) is 0. The summed E-state index contributed by atoms with van der Waals surface area (Å²) in [4.78, 5) is 41.6. The number of hydrogen-bond donors (Lipinski definition) is 1. The highest BCUT2D eigenvalue weighted by atomic mass is 35.5. The molecule has 9 heteroatoms. The van der Waals surface area contributed by atoms with Gasteiger partial charge in [0.2, 0.25) is 5.43 Å². The minimum absolute atomic E-state index is 0.168. The van der Waals surface area contributed by atoms with Crippen LogP contribution in [0.5, 0.6) is 0 Å². The first kappa shape index (κ1) is 20.8. The number of nitrogens with one attached hydrogen (secondary N) is 1. The molecule has 29 heavy (non-hydrogen) atoms. The molecule has 150 valence electrons. The van der Waals surface area contributed by atoms with Crippen molar-refractivity contribution in [1.29, 1.82) is 0 Å². The fourth-order valence-electron chi connectivity index (χ4n) is 2.73. The second-order valence-corrected chi connectivity index (χ2v) is 7.07. The second-order valence-electron chi connectivity index (χ2n) is 6.23. The maximum absolute atomic E-state index is 12.7. The fraction of sp³-hybridized carbons (Fsp3) is 0.200. The van der Waals surface area contributed by atoms with E-state index in [4.69, 9.17) is 27.9 Å². The zero-order valence-corrected chi connectivity index (χ0v) is 17.2. The normalized spacial score (nSPS) is 10.8. The molecule has 0 unspecified atom stereocenters. The van der Waals surface area contributed by atoms with E-state index in [1.807, 2.05) is 13.8 Å². The third-order valence-electron chi connectivity index (χ3n) is 4.16. The number of halogens is 2. The van der Waals surface area contributed by atoms with Gasteiger partial charge in [0.05, 0.1) is 16.1 Å². The summed E-state index contributed by atoms with van der Waals surface area (Å²) in [6, 6.07) is 7.90. The number of esters is 1. The predicted molar refractivity (Wildman–Crippen MR) is 112 cm³/mol. The van der Waals surface area contributed by atoms with Crippen molar-refractivity contribution in [3.8, 4) is 0 Å². The molecule has 1 amide bonds. The van der Waals surface area contributed by atoms with Gasteiger partial charge in [-0.3, -0.25) is 9.59 Å². The lowest BCUT2D eigenvalue weighted by molar-refractivity contribution is -0.119. The zero-order valence-electron chi connectivity index (χ0n) is 15.7. The molecule has 0 saturated heterocycles. The van der Waals surface area contributed by atoms with Gasteiger partial charge < -0.3 is 14.6 Å². The lowest BCUT2D eigenvalue weighted by Gasteiger charge is -2.11. The van der Waals surface area contributed by atoms with Crippen LogP contribution in [0.4, 0.5) is 5.69 Å². The Kier molecular flexibility index (Phi) is 6.20. The van der Waals surface area contributed by atoms with Crippen molar-refractivity contribution in [2.45, 2.75) is 20.4 Å². The van der Waals surface area contributed by atoms with E-state index in [0.717, 1.165) is 5.69 Å². The molecule has 0 aliphatic heterocycles. The molecule has 0 atom stereocenters. The molecule has 0 radical (unpaired) electrons. The van der Waals surface area contributed by atoms with Crippen LogP contribution in [0.2, 0.25) is 10.0 Å². The number of carbonyl (C=O) groups is 2. The highest BCUT2D eigenvalue weighted by Crippen LogP contribution is 2.25. The Balaban J connectivity index is 1.78. The molecule has 1 aromatic carbocycles. The Hall–Kier alpha value is -2.90. The van der Waals surface area contributed by atoms with Gasteiger partial charge in [-0.2, -0.15) is 0 Å². The Morgan fingerprint density at radius 3 is 2.69 bits per heavy atom. The number of amides is 1. The van der Waals surface area contributed by atoms with Crippen LogP contribution in [0, 0.1) is 6.92 Å². The summed E-state index contributed by atoms with van der Waals surface area (Å²) in [5.41, 5.74) is 0.868. The molecule has 1 N–H and O–H groups in total. The van der Waals surface area contributed by atoms with E-state index in [2.05, 4.69) is 10.3 Å². The third kappa shape index (κ3) is 4.58. The Morgan fingerprint density at radius 2 is 1.97 bits per heavy atom. The van der Waals surface area contributed by atoms with Crippen LogP contribution >= 0.6 is 23.2 Å². The second kappa shape index (κ2) is 8.63. The van der Waals surface area contributed by atoms with Crippen molar-refractivity contribution in [1.82, 2.24) is 9.55 Å². The molecule has 0 spiro atoms. The first-order chi connectivity index (χ1) is 13.8. The van der Waals surface area contributed by atoms with Gasteiger partial charge in [-0.15, -0.1) is 0 Å². The third-order valence-corrected chi connectivity index (χ3v) is 4.72. The molecular weight excluding hydrogens is 417 g/mol. The van der Waals surface area contributed by atoms with Crippen molar-refractivity contribution < 1.29 is 14.3 Å². The highest BCUT2D eigenvalue weighted by molar-refractivity contribution is 6.35. The molecule has 2 aromatic heterocycles. The van der Waals surface area contributed by atoms with E-state index < -0.39 is 23.9 Å². The van der Waals surface area contributed by atoms with Gasteiger partial charge >= 0.3 is 5.97 Å². The van der Waals surface area contributed by atoms with Gasteiger partial charge in [-0.05, 0) is 44.2 Å². The fourth-order valence-corrected chi connectivity index (χ4v) is 3.07. The first-order valence-corrected chi connectivity index (χ1v) is 9.48. The summed E-state index contributed by atoms with van der Waals surface area (Å²) in [5, 5.41) is 3.49. The maximum Gasteiger partial charge on any atom is 0.344 e. The first-order valence-electron chi connectivity index (χ1n) is 8.73. The van der Waals surface area contributed by atoms with Gasteiger partial charge in [-0.25, -0.2) is 9.78 Å². The maximum atomic E-state index is 12.7. The summed E-state index contributed by atoms with van der Waals surface area (Å²) >= 11 is 11.9. The van der Waals surface area contributed by atoms with E-state index in [9.17, 15) is 14.4 Å². The van der Waals surface area contributed by atoms with E-state index in [1.165, 1.54) is 18.3 Å². The smallest absolute Gasteiger partial charge is 0.344 e. The monoisotopic (exact) mass is 433 g/mol. The van der Waals surface area contributed by atoms with Crippen molar-refractivity contribution in [2.75, 3.05) is 11.9 Å². The SMILES string of the molecule is CCn1cc(C(=O)OCC(=O)Nc2cc(Cl)ccc2Cl)c(=O)c2ccc(C)nc21.